The molecule has 0 radical (unpaired) electrons. The molecule has 6 aliphatic rings. The van der Waals surface area contributed by atoms with Crippen molar-refractivity contribution < 1.29 is 38.2 Å². The van der Waals surface area contributed by atoms with Crippen molar-refractivity contribution in [1.82, 2.24) is 41.7 Å². The fourth-order valence-electron chi connectivity index (χ4n) is 12.5. The molecule has 6 N–H and O–H groups in total. The van der Waals surface area contributed by atoms with Crippen molar-refractivity contribution in [3.05, 3.63) is 70.8 Å². The summed E-state index contributed by atoms with van der Waals surface area (Å²) in [5.74, 6) is 0.250. The van der Waals surface area contributed by atoms with E-state index in [9.17, 15) is 28.8 Å². The fourth-order valence-corrected chi connectivity index (χ4v) is 15.7. The molecule has 2 aromatic rings. The van der Waals surface area contributed by atoms with E-state index in [2.05, 4.69) is 83.9 Å². The van der Waals surface area contributed by atoms with Crippen molar-refractivity contribution in [1.29, 1.82) is 0 Å². The van der Waals surface area contributed by atoms with Crippen molar-refractivity contribution in [3.63, 3.8) is 0 Å². The van der Waals surface area contributed by atoms with Gasteiger partial charge in [0.1, 0.15) is 24.2 Å². The summed E-state index contributed by atoms with van der Waals surface area (Å²) in [5, 5.41) is 18.1. The van der Waals surface area contributed by atoms with Gasteiger partial charge in [0, 0.05) is 26.1 Å². The Morgan fingerprint density at radius 3 is 1.49 bits per heavy atom. The van der Waals surface area contributed by atoms with E-state index in [4.69, 9.17) is 9.47 Å². The molecule has 0 spiro atoms. The fraction of sp³-hybridized carbons (Fsp3) is 0.684. The Labute approximate surface area is 453 Å². The van der Waals surface area contributed by atoms with Crippen LogP contribution in [0.15, 0.2) is 48.5 Å². The van der Waals surface area contributed by atoms with Gasteiger partial charge in [-0.3, -0.25) is 28.8 Å². The molecule has 4 heterocycles. The highest BCUT2D eigenvalue weighted by atomic mass is 32.2. The normalized spacial score (nSPS) is 28.8. The predicted octanol–water partition coefficient (Wildman–Crippen LogP) is 5.68. The second-order valence-electron chi connectivity index (χ2n) is 23.1. The van der Waals surface area contributed by atoms with E-state index in [1.165, 1.54) is 11.1 Å². The maximum atomic E-state index is 14.5. The first kappa shape index (κ1) is 57.0. The SMILES string of the molecule is CNCC(=O)N[C@H]1CCS[C@H]2CC(C)(C)[C@@H](C(=O)N[C@H]3c4ccccc4C[C@H]3OCCCCCCCCCCO[C@@H]3Cc4ccccc4[C@@H]3NC(=O)[C@H]3N4C(=O)[C@@H](NC(=O)[C@H](C)NC)CCS[C@H]4CC3(C)C)N2C1=O. The third-order valence-electron chi connectivity index (χ3n) is 16.6. The molecular weight excluding hydrogens is 989 g/mol. The number of benzene rings is 2. The Balaban J connectivity index is 0.760. The molecule has 8 rings (SSSR count). The highest BCUT2D eigenvalue weighted by molar-refractivity contribution is 8.00. The average Bonchev–Trinajstić information content (AvgIpc) is 4.04. The van der Waals surface area contributed by atoms with Crippen LogP contribution >= 0.6 is 23.5 Å². The van der Waals surface area contributed by atoms with E-state index in [-0.39, 0.29) is 77.0 Å². The molecule has 0 unspecified atom stereocenters. The zero-order valence-electron chi connectivity index (χ0n) is 45.4. The number of likely N-dealkylation sites (N-methyl/N-ethyl adjacent to an activating group) is 2. The smallest absolute Gasteiger partial charge is 0.246 e. The Morgan fingerprint density at radius 1 is 0.627 bits per heavy atom. The summed E-state index contributed by atoms with van der Waals surface area (Å²) in [6, 6.07) is 12.6. The molecular formula is C57H84N8O8S2. The number of thioether (sulfide) groups is 2. The third-order valence-corrected chi connectivity index (χ3v) is 19.1. The molecule has 6 amide bonds. The van der Waals surface area contributed by atoms with Gasteiger partial charge < -0.3 is 51.2 Å². The van der Waals surface area contributed by atoms with Gasteiger partial charge in [0.25, 0.3) is 0 Å². The molecule has 4 aliphatic heterocycles. The third kappa shape index (κ3) is 13.2. The summed E-state index contributed by atoms with van der Waals surface area (Å²) < 4.78 is 13.2. The Morgan fingerprint density at radius 2 is 1.05 bits per heavy atom. The molecule has 4 saturated heterocycles. The zero-order valence-corrected chi connectivity index (χ0v) is 47.0. The molecule has 2 aromatic carbocycles. The van der Waals surface area contributed by atoms with Crippen LogP contribution in [0.1, 0.15) is 146 Å². The van der Waals surface area contributed by atoms with Crippen LogP contribution in [0, 0.1) is 10.8 Å². The second-order valence-corrected chi connectivity index (χ2v) is 25.6. The first-order chi connectivity index (χ1) is 36.0. The van der Waals surface area contributed by atoms with Crippen molar-refractivity contribution >= 4 is 59.0 Å². The summed E-state index contributed by atoms with van der Waals surface area (Å²) >= 11 is 3.39. The Bertz CT molecular complexity index is 2350. The number of ether oxygens (including phenoxy) is 2. The molecule has 75 heavy (non-hydrogen) atoms. The summed E-state index contributed by atoms with van der Waals surface area (Å²) in [6.07, 6.45) is 11.9. The van der Waals surface area contributed by atoms with Gasteiger partial charge in [-0.15, -0.1) is 23.5 Å². The molecule has 412 valence electrons. The number of carbonyl (C=O) groups is 6. The van der Waals surface area contributed by atoms with E-state index in [1.54, 1.807) is 54.3 Å². The topological polar surface area (TPSA) is 200 Å². The summed E-state index contributed by atoms with van der Waals surface area (Å²) in [4.78, 5) is 86.2. The number of amides is 6. The number of carbonyl (C=O) groups excluding carboxylic acids is 6. The lowest BCUT2D eigenvalue weighted by Gasteiger charge is -2.35. The lowest BCUT2D eigenvalue weighted by Crippen LogP contribution is -2.58. The van der Waals surface area contributed by atoms with E-state index in [1.807, 2.05) is 24.3 Å². The summed E-state index contributed by atoms with van der Waals surface area (Å²) in [5.41, 5.74) is 3.54. The summed E-state index contributed by atoms with van der Waals surface area (Å²) in [7, 11) is 3.41. The monoisotopic (exact) mass is 1070 g/mol. The Hall–Kier alpha value is -4.20. The lowest BCUT2D eigenvalue weighted by molar-refractivity contribution is -0.144. The van der Waals surface area contributed by atoms with Gasteiger partial charge in [-0.25, -0.2) is 0 Å². The number of fused-ring (bicyclic) bond motifs is 4. The van der Waals surface area contributed by atoms with Crippen molar-refractivity contribution in [2.24, 2.45) is 10.8 Å². The zero-order chi connectivity index (χ0) is 53.4. The molecule has 16 nitrogen and oxygen atoms in total. The van der Waals surface area contributed by atoms with Crippen molar-refractivity contribution in [3.8, 4) is 0 Å². The van der Waals surface area contributed by atoms with Gasteiger partial charge >= 0.3 is 0 Å². The van der Waals surface area contributed by atoms with Crippen molar-refractivity contribution in [2.75, 3.05) is 45.4 Å². The van der Waals surface area contributed by atoms with Crippen LogP contribution < -0.4 is 31.9 Å². The number of hydrogen-bond donors (Lipinski definition) is 6. The maximum absolute atomic E-state index is 14.5. The number of nitrogens with zero attached hydrogens (tertiary/aromatic N) is 2. The Kier molecular flexibility index (Phi) is 19.4. The number of unbranched alkanes of at least 4 members (excludes halogenated alkanes) is 7. The van der Waals surface area contributed by atoms with Gasteiger partial charge in [0.15, 0.2) is 0 Å². The average molecular weight is 1070 g/mol. The number of hydrogen-bond acceptors (Lipinski definition) is 12. The quantitative estimate of drug-likeness (QED) is 0.0746. The van der Waals surface area contributed by atoms with Gasteiger partial charge in [0.2, 0.25) is 35.4 Å². The van der Waals surface area contributed by atoms with Crippen LogP contribution in [0.25, 0.3) is 0 Å². The van der Waals surface area contributed by atoms with Gasteiger partial charge in [-0.05, 0) is 104 Å². The van der Waals surface area contributed by atoms with Gasteiger partial charge in [-0.1, -0.05) is 115 Å². The van der Waals surface area contributed by atoms with Crippen LogP contribution in [0.5, 0.6) is 0 Å². The molecule has 0 saturated carbocycles. The van der Waals surface area contributed by atoms with E-state index in [0.29, 0.717) is 51.7 Å². The van der Waals surface area contributed by atoms with Crippen LogP contribution in [0.2, 0.25) is 0 Å². The molecule has 2 aliphatic carbocycles. The van der Waals surface area contributed by atoms with E-state index >= 15 is 0 Å². The van der Waals surface area contributed by atoms with Crippen LogP contribution in [0.4, 0.5) is 0 Å². The standard InChI is InChI=1S/C57H84N8O8S2/c1-35(59-7)51(67)61-41-25-29-75-46-33-57(4,5)50(65(46)55(41)71)53(69)63-48-39-23-17-15-21-37(39)31-43(48)73-27-19-13-11-9-8-10-12-18-26-72-42-30-36-20-14-16-22-38(36)47(42)62-52(68)49-56(2,3)32-45-64(49)54(70)40(24-28-74-45)60-44(66)34-58-6/h14-17,20-23,35,40-43,45-50,58-59H,8-13,18-19,24-34H2,1-7H3,(H,60,66)(H,61,67)(H,62,68)(H,63,69)/t35-,40-,41-,42+,43+,45-,46-,47-,48-,49+,50+/m0/s1. The molecule has 0 bridgehead atoms. The second kappa shape index (κ2) is 25.5. The highest BCUT2D eigenvalue weighted by Gasteiger charge is 2.57. The van der Waals surface area contributed by atoms with Gasteiger partial charge in [-0.2, -0.15) is 0 Å². The minimum absolute atomic E-state index is 0.121. The molecule has 18 heteroatoms. The molecule has 0 aromatic heterocycles. The number of nitrogens with one attached hydrogen (secondary N) is 6. The highest BCUT2D eigenvalue weighted by Crippen LogP contribution is 2.48. The largest absolute Gasteiger partial charge is 0.375 e. The molecule has 11 atom stereocenters. The van der Waals surface area contributed by atoms with Crippen molar-refractivity contribution in [2.45, 2.75) is 190 Å². The minimum Gasteiger partial charge on any atom is -0.375 e. The van der Waals surface area contributed by atoms with E-state index in [0.717, 1.165) is 74.0 Å². The minimum atomic E-state index is -0.682. The first-order valence-electron chi connectivity index (χ1n) is 27.8. The maximum Gasteiger partial charge on any atom is 0.246 e. The number of rotatable bonds is 23. The molecule has 4 fully saturated rings. The first-order valence-corrected chi connectivity index (χ1v) is 29.9. The summed E-state index contributed by atoms with van der Waals surface area (Å²) in [6.45, 7) is 11.4. The van der Waals surface area contributed by atoms with Crippen LogP contribution in [0.3, 0.4) is 0 Å². The lowest BCUT2D eigenvalue weighted by atomic mass is 9.83. The van der Waals surface area contributed by atoms with Crippen LogP contribution in [-0.2, 0) is 51.1 Å². The predicted molar refractivity (Wildman–Crippen MR) is 295 cm³/mol. The van der Waals surface area contributed by atoms with Gasteiger partial charge in [0.05, 0.1) is 47.6 Å². The van der Waals surface area contributed by atoms with E-state index < -0.39 is 41.0 Å². The van der Waals surface area contributed by atoms with Crippen LogP contribution in [-0.4, -0.2) is 144 Å².